The van der Waals surface area contributed by atoms with Crippen LogP contribution in [0.5, 0.6) is 17.2 Å². The highest BCUT2D eigenvalue weighted by Crippen LogP contribution is 2.32. The van der Waals surface area contributed by atoms with Crippen molar-refractivity contribution in [2.45, 2.75) is 97.1 Å². The van der Waals surface area contributed by atoms with Crippen LogP contribution in [0.2, 0.25) is 0 Å². The Morgan fingerprint density at radius 3 is 1.80 bits per heavy atom. The maximum Gasteiger partial charge on any atom is 0.343 e. The molecule has 6 rings (SSSR count). The first-order valence-corrected chi connectivity index (χ1v) is 23.8. The third kappa shape index (κ3) is 15.9. The molecule has 1 heterocycles. The highest BCUT2D eigenvalue weighted by molar-refractivity contribution is 7.10. The van der Waals surface area contributed by atoms with Gasteiger partial charge in [0.2, 0.25) is 0 Å². The zero-order valence-corrected chi connectivity index (χ0v) is 42.1. The molecule has 0 aliphatic rings. The van der Waals surface area contributed by atoms with Gasteiger partial charge in [0.15, 0.2) is 5.01 Å². The van der Waals surface area contributed by atoms with Gasteiger partial charge < -0.3 is 28.4 Å². The molecule has 5 aromatic carbocycles. The summed E-state index contributed by atoms with van der Waals surface area (Å²) in [7, 11) is 0. The van der Waals surface area contributed by atoms with E-state index in [1.807, 2.05) is 51.3 Å². The number of fused-ring (bicyclic) bond motifs is 1. The van der Waals surface area contributed by atoms with Crippen molar-refractivity contribution in [2.24, 2.45) is 4.99 Å². The van der Waals surface area contributed by atoms with Crippen molar-refractivity contribution in [1.29, 1.82) is 0 Å². The Hall–Kier alpha value is -7.82. The second-order valence-corrected chi connectivity index (χ2v) is 20.0. The molecule has 0 N–H and O–H groups in total. The third-order valence-electron chi connectivity index (χ3n) is 10.6. The SMILES string of the molecule is C=CC(=O)OC(C)(C)CC(C)(C)Oc1ccc(C(=O)OCCc2ccc(OC(=O)c3ccc(OC(C)(C)CC(C)(C)OC(=O)C=C)cc3)c(/C=N/C#Cc3nc(-c4ccc5ccccc5c4)cs3)c2)cc1. The van der Waals surface area contributed by atoms with Crippen molar-refractivity contribution in [2.75, 3.05) is 6.61 Å². The number of aliphatic imine (C=N–C) groups is 1. The fourth-order valence-corrected chi connectivity index (χ4v) is 8.89. The maximum absolute atomic E-state index is 13.6. The van der Waals surface area contributed by atoms with Crippen LogP contribution in [0.3, 0.4) is 0 Å². The number of carbonyl (C=O) groups excluding carboxylic acids is 4. The van der Waals surface area contributed by atoms with Gasteiger partial charge in [-0.15, -0.1) is 11.3 Å². The summed E-state index contributed by atoms with van der Waals surface area (Å²) in [6.45, 7) is 21.7. The molecule has 0 bridgehead atoms. The Kier molecular flexibility index (Phi) is 16.8. The predicted octanol–water partition coefficient (Wildman–Crippen LogP) is 12.1. The van der Waals surface area contributed by atoms with E-state index in [0.717, 1.165) is 39.7 Å². The van der Waals surface area contributed by atoms with E-state index in [2.05, 4.69) is 54.4 Å². The van der Waals surface area contributed by atoms with Crippen molar-refractivity contribution in [3.8, 4) is 40.5 Å². The number of benzene rings is 5. The van der Waals surface area contributed by atoms with E-state index in [1.165, 1.54) is 17.6 Å². The predicted molar refractivity (Wildman–Crippen MR) is 277 cm³/mol. The molecular formula is C58H58N2O10S. The van der Waals surface area contributed by atoms with Crippen LogP contribution in [0.1, 0.15) is 105 Å². The molecule has 0 atom stereocenters. The molecule has 0 unspecified atom stereocenters. The fourth-order valence-electron chi connectivity index (χ4n) is 8.22. The molecule has 366 valence electrons. The molecule has 0 radical (unpaired) electrons. The second-order valence-electron chi connectivity index (χ2n) is 19.1. The van der Waals surface area contributed by atoms with Crippen molar-refractivity contribution >= 4 is 52.2 Å². The van der Waals surface area contributed by atoms with Crippen LogP contribution >= 0.6 is 11.3 Å². The van der Waals surface area contributed by atoms with Gasteiger partial charge in [0.05, 0.1) is 23.4 Å². The first kappa shape index (κ1) is 52.5. The van der Waals surface area contributed by atoms with Crippen LogP contribution in [0.4, 0.5) is 0 Å². The van der Waals surface area contributed by atoms with Gasteiger partial charge >= 0.3 is 23.9 Å². The second kappa shape index (κ2) is 22.7. The summed E-state index contributed by atoms with van der Waals surface area (Å²) in [5, 5.41) is 4.81. The van der Waals surface area contributed by atoms with Crippen LogP contribution in [-0.4, -0.2) is 64.1 Å². The van der Waals surface area contributed by atoms with E-state index in [4.69, 9.17) is 33.4 Å². The number of esters is 4. The Morgan fingerprint density at radius 1 is 0.662 bits per heavy atom. The molecule has 0 aliphatic heterocycles. The third-order valence-corrected chi connectivity index (χ3v) is 11.4. The molecule has 0 saturated carbocycles. The van der Waals surface area contributed by atoms with E-state index < -0.39 is 46.3 Å². The van der Waals surface area contributed by atoms with Gasteiger partial charge in [-0.1, -0.05) is 55.6 Å². The number of thiazole rings is 1. The van der Waals surface area contributed by atoms with E-state index in [1.54, 1.807) is 94.4 Å². The zero-order valence-electron chi connectivity index (χ0n) is 41.3. The minimum Gasteiger partial charge on any atom is -0.488 e. The lowest BCUT2D eigenvalue weighted by Crippen LogP contribution is -2.40. The zero-order chi connectivity index (χ0) is 51.4. The number of hydrogen-bond donors (Lipinski definition) is 0. The van der Waals surface area contributed by atoms with Crippen LogP contribution in [0.25, 0.3) is 22.0 Å². The molecule has 0 amide bonds. The summed E-state index contributed by atoms with van der Waals surface area (Å²) in [6.07, 6.45) is 4.89. The summed E-state index contributed by atoms with van der Waals surface area (Å²) < 4.78 is 34.9. The number of rotatable bonds is 20. The fraction of sp³-hybridized carbons (Fsp3) is 0.276. The van der Waals surface area contributed by atoms with Crippen LogP contribution in [0, 0.1) is 12.0 Å². The lowest BCUT2D eigenvalue weighted by molar-refractivity contribution is -0.155. The van der Waals surface area contributed by atoms with Gasteiger partial charge in [-0.2, -0.15) is 0 Å². The van der Waals surface area contributed by atoms with E-state index in [-0.39, 0.29) is 17.9 Å². The summed E-state index contributed by atoms with van der Waals surface area (Å²) >= 11 is 1.41. The molecule has 0 fully saturated rings. The number of carbonyl (C=O) groups is 4. The normalized spacial score (nSPS) is 11.8. The van der Waals surface area contributed by atoms with Gasteiger partial charge in [-0.05, 0) is 144 Å². The lowest BCUT2D eigenvalue weighted by Gasteiger charge is -2.34. The number of hydrogen-bond acceptors (Lipinski definition) is 13. The highest BCUT2D eigenvalue weighted by atomic mass is 32.1. The largest absolute Gasteiger partial charge is 0.488 e. The Balaban J connectivity index is 1.13. The van der Waals surface area contributed by atoms with Crippen LogP contribution in [0.15, 0.2) is 145 Å². The average molecular weight is 975 g/mol. The molecule has 12 nitrogen and oxygen atoms in total. The minimum atomic E-state index is -0.817. The topological polar surface area (TPSA) is 149 Å². The monoisotopic (exact) mass is 974 g/mol. The quantitative estimate of drug-likeness (QED) is 0.0180. The molecule has 1 aromatic heterocycles. The highest BCUT2D eigenvalue weighted by Gasteiger charge is 2.34. The molecule has 0 saturated heterocycles. The number of aromatic nitrogens is 1. The van der Waals surface area contributed by atoms with E-state index in [0.29, 0.717) is 46.9 Å². The Labute approximate surface area is 419 Å². The number of nitrogens with zero attached hydrogens (tertiary/aromatic N) is 2. The van der Waals surface area contributed by atoms with Crippen molar-refractivity contribution < 1.29 is 47.6 Å². The van der Waals surface area contributed by atoms with Gasteiger partial charge in [-0.25, -0.2) is 29.2 Å². The Bertz CT molecular complexity index is 3010. The summed E-state index contributed by atoms with van der Waals surface area (Å²) in [4.78, 5) is 59.4. The first-order valence-electron chi connectivity index (χ1n) is 22.9. The van der Waals surface area contributed by atoms with Gasteiger partial charge in [0.25, 0.3) is 0 Å². The van der Waals surface area contributed by atoms with Gasteiger partial charge in [0, 0.05) is 60.2 Å². The molecular weight excluding hydrogens is 917 g/mol. The first-order chi connectivity index (χ1) is 33.6. The molecule has 71 heavy (non-hydrogen) atoms. The number of ether oxygens (including phenoxy) is 6. The summed E-state index contributed by atoms with van der Waals surface area (Å²) in [6, 6.07) is 35.6. The molecule has 13 heteroatoms. The molecule has 0 spiro atoms. The van der Waals surface area contributed by atoms with Crippen LogP contribution < -0.4 is 14.2 Å². The lowest BCUT2D eigenvalue weighted by atomic mass is 9.92. The smallest absolute Gasteiger partial charge is 0.343 e. The van der Waals surface area contributed by atoms with Gasteiger partial charge in [-0.3, -0.25) is 0 Å². The standard InChI is InChI=1S/C58H58N2O10S/c1-11-51(61)69-57(7,8)37-55(3,4)67-46-24-20-41(21-25-46)53(63)65-32-30-39-17-28-49(66-54(64)42-22-26-47(27-23-42)68-56(5,6)38-58(9,10)70-52(62)12-2)45(33-39)35-59-31-29-50-60-48(36-71-50)44-19-18-40-15-13-14-16-43(40)34-44/h11-28,33-36H,1-2,30,32,37-38H2,3-10H3/b59-35+. The van der Waals surface area contributed by atoms with Crippen molar-refractivity contribution in [3.63, 3.8) is 0 Å². The maximum atomic E-state index is 13.6. The summed E-state index contributed by atoms with van der Waals surface area (Å²) in [5.74, 6) is 2.13. The van der Waals surface area contributed by atoms with Crippen molar-refractivity contribution in [1.82, 2.24) is 4.98 Å². The summed E-state index contributed by atoms with van der Waals surface area (Å²) in [5.41, 5.74) is 0.616. The van der Waals surface area contributed by atoms with E-state index in [9.17, 15) is 19.2 Å². The molecule has 0 aliphatic carbocycles. The van der Waals surface area contributed by atoms with Gasteiger partial charge in [0.1, 0.15) is 39.7 Å². The van der Waals surface area contributed by atoms with Crippen molar-refractivity contribution in [3.05, 3.63) is 167 Å². The molecule has 6 aromatic rings. The Morgan fingerprint density at radius 2 is 1.23 bits per heavy atom. The van der Waals surface area contributed by atoms with E-state index >= 15 is 0 Å². The van der Waals surface area contributed by atoms with Crippen LogP contribution in [-0.2, 0) is 30.2 Å². The average Bonchev–Trinajstić information content (AvgIpc) is 3.79. The minimum absolute atomic E-state index is 0.0600.